The van der Waals surface area contributed by atoms with E-state index in [2.05, 4.69) is 72.3 Å². The quantitative estimate of drug-likeness (QED) is 0.644. The Morgan fingerprint density at radius 1 is 1.00 bits per heavy atom. The van der Waals surface area contributed by atoms with Crippen LogP contribution in [0.1, 0.15) is 31.2 Å². The van der Waals surface area contributed by atoms with Crippen LogP contribution in [0.5, 0.6) is 0 Å². The highest BCUT2D eigenvalue weighted by molar-refractivity contribution is 8.03. The van der Waals surface area contributed by atoms with Crippen molar-refractivity contribution in [3.05, 3.63) is 77.7 Å². The molecule has 0 radical (unpaired) electrons. The maximum atomic E-state index is 6.46. The topological polar surface area (TPSA) is 12.5 Å². The second-order valence-corrected chi connectivity index (χ2v) is 8.18. The zero-order chi connectivity index (χ0) is 17.1. The van der Waals surface area contributed by atoms with Crippen LogP contribution >= 0.6 is 11.8 Å². The summed E-state index contributed by atoms with van der Waals surface area (Å²) in [6.07, 6.45) is 5.22. The zero-order valence-electron chi connectivity index (χ0n) is 14.5. The lowest BCUT2D eigenvalue weighted by Crippen LogP contribution is -2.34. The average Bonchev–Trinajstić information content (AvgIpc) is 3.02. The van der Waals surface area contributed by atoms with Crippen LogP contribution in [0.4, 0.5) is 0 Å². The van der Waals surface area contributed by atoms with Crippen molar-refractivity contribution in [3.63, 3.8) is 0 Å². The lowest BCUT2D eigenvalue weighted by Gasteiger charge is -2.29. The highest BCUT2D eigenvalue weighted by Crippen LogP contribution is 2.44. The summed E-state index contributed by atoms with van der Waals surface area (Å²) in [5, 5.41) is 2.24. The van der Waals surface area contributed by atoms with E-state index >= 15 is 0 Å². The average molecular weight is 352 g/mol. The van der Waals surface area contributed by atoms with Gasteiger partial charge in [-0.2, -0.15) is 5.06 Å². The van der Waals surface area contributed by atoms with Crippen molar-refractivity contribution < 1.29 is 4.84 Å². The van der Waals surface area contributed by atoms with Crippen LogP contribution in [-0.4, -0.2) is 17.2 Å². The fourth-order valence-electron chi connectivity index (χ4n) is 4.07. The Labute approximate surface area is 154 Å². The molecule has 1 heterocycles. The van der Waals surface area contributed by atoms with Gasteiger partial charge in [-0.3, -0.25) is 4.84 Å². The van der Waals surface area contributed by atoms with Gasteiger partial charge in [-0.1, -0.05) is 79.7 Å². The van der Waals surface area contributed by atoms with Gasteiger partial charge >= 0.3 is 0 Å². The highest BCUT2D eigenvalue weighted by Gasteiger charge is 2.45. The van der Waals surface area contributed by atoms with Crippen LogP contribution in [0.15, 0.2) is 77.0 Å². The highest BCUT2D eigenvalue weighted by atomic mass is 32.2. The van der Waals surface area contributed by atoms with E-state index in [0.29, 0.717) is 12.0 Å². The zero-order valence-corrected chi connectivity index (χ0v) is 15.3. The fourth-order valence-corrected chi connectivity index (χ4v) is 5.00. The van der Waals surface area contributed by atoms with Crippen molar-refractivity contribution in [1.82, 2.24) is 5.06 Å². The molecule has 0 amide bonds. The summed E-state index contributed by atoms with van der Waals surface area (Å²) >= 11 is 1.76. The molecule has 0 bridgehead atoms. The second kappa shape index (κ2) is 7.77. The minimum absolute atomic E-state index is 0.124. The van der Waals surface area contributed by atoms with Gasteiger partial charge in [0.25, 0.3) is 0 Å². The lowest BCUT2D eigenvalue weighted by molar-refractivity contribution is -0.160. The molecule has 2 fully saturated rings. The Morgan fingerprint density at radius 2 is 1.68 bits per heavy atom. The Balaban J connectivity index is 1.49. The van der Waals surface area contributed by atoms with Gasteiger partial charge in [0.05, 0.1) is 0 Å². The van der Waals surface area contributed by atoms with Crippen LogP contribution in [0, 0.1) is 5.92 Å². The van der Waals surface area contributed by atoms with Crippen molar-refractivity contribution in [2.75, 3.05) is 0 Å². The first-order chi connectivity index (χ1) is 12.3. The van der Waals surface area contributed by atoms with Crippen LogP contribution in [0.3, 0.4) is 0 Å². The number of hydrogen-bond donors (Lipinski definition) is 0. The smallest absolute Gasteiger partial charge is 0.114 e. The molecule has 1 saturated carbocycles. The first-order valence-corrected chi connectivity index (χ1v) is 10.0. The van der Waals surface area contributed by atoms with Gasteiger partial charge in [0, 0.05) is 28.3 Å². The van der Waals surface area contributed by atoms with Crippen molar-refractivity contribution in [3.8, 4) is 0 Å². The van der Waals surface area contributed by atoms with Gasteiger partial charge in [0.2, 0.25) is 0 Å². The predicted molar refractivity (Wildman–Crippen MR) is 104 cm³/mol. The molecule has 1 aliphatic carbocycles. The van der Waals surface area contributed by atoms with E-state index in [1.54, 1.807) is 11.8 Å². The molecule has 0 unspecified atom stereocenters. The van der Waals surface area contributed by atoms with E-state index < -0.39 is 0 Å². The van der Waals surface area contributed by atoms with Crippen molar-refractivity contribution in [2.24, 2.45) is 5.92 Å². The van der Waals surface area contributed by atoms with Gasteiger partial charge in [-0.05, 0) is 30.5 Å². The standard InChI is InChI=1S/C22H25NOS/c1-17(25-19-12-6-3-7-13-19)22-20-14-8-9-15-21(20)23(24-22)16-18-10-4-2-5-11-18/h2-7,10-13,20-22H,1,8-9,14-16H2/t20-,21-,22+/m0/s1. The third kappa shape index (κ3) is 3.84. The second-order valence-electron chi connectivity index (χ2n) is 6.98. The molecule has 1 aliphatic heterocycles. The SMILES string of the molecule is C=C(Sc1ccccc1)[C@H]1ON(Cc2ccccc2)[C@H]2CCCC[C@H]12. The van der Waals surface area contributed by atoms with Crippen molar-refractivity contribution >= 4 is 11.8 Å². The summed E-state index contributed by atoms with van der Waals surface area (Å²) in [6, 6.07) is 21.7. The Kier molecular flexibility index (Phi) is 5.25. The Bertz CT molecular complexity index is 702. The summed E-state index contributed by atoms with van der Waals surface area (Å²) in [5.41, 5.74) is 1.31. The summed E-state index contributed by atoms with van der Waals surface area (Å²) in [6.45, 7) is 5.24. The molecular formula is C22H25NOS. The number of hydrogen-bond acceptors (Lipinski definition) is 3. The van der Waals surface area contributed by atoms with Gasteiger partial charge in [0.1, 0.15) is 6.10 Å². The number of nitrogens with zero attached hydrogens (tertiary/aromatic N) is 1. The molecule has 130 valence electrons. The minimum Gasteiger partial charge on any atom is -0.289 e. The number of hydroxylamine groups is 2. The summed E-state index contributed by atoms with van der Waals surface area (Å²) in [4.78, 5) is 8.84. The molecule has 0 spiro atoms. The molecule has 1 saturated heterocycles. The van der Waals surface area contributed by atoms with Crippen LogP contribution in [-0.2, 0) is 11.4 Å². The van der Waals surface area contributed by atoms with Gasteiger partial charge < -0.3 is 0 Å². The summed E-state index contributed by atoms with van der Waals surface area (Å²) in [7, 11) is 0. The largest absolute Gasteiger partial charge is 0.289 e. The third-order valence-corrected chi connectivity index (χ3v) is 6.28. The van der Waals surface area contributed by atoms with Crippen molar-refractivity contribution in [1.29, 1.82) is 0 Å². The van der Waals surface area contributed by atoms with E-state index in [9.17, 15) is 0 Å². The number of rotatable bonds is 5. The fraction of sp³-hybridized carbons (Fsp3) is 0.364. The number of fused-ring (bicyclic) bond motifs is 1. The first kappa shape index (κ1) is 16.9. The molecule has 0 N–H and O–H groups in total. The number of thioether (sulfide) groups is 1. The first-order valence-electron chi connectivity index (χ1n) is 9.20. The van der Waals surface area contributed by atoms with E-state index in [-0.39, 0.29) is 6.10 Å². The van der Waals surface area contributed by atoms with Gasteiger partial charge in [-0.25, -0.2) is 0 Å². The maximum Gasteiger partial charge on any atom is 0.114 e. The summed E-state index contributed by atoms with van der Waals surface area (Å²) < 4.78 is 0. The summed E-state index contributed by atoms with van der Waals surface area (Å²) in [5.74, 6) is 0.571. The molecule has 3 atom stereocenters. The third-order valence-electron chi connectivity index (χ3n) is 5.28. The molecule has 0 aromatic heterocycles. The monoisotopic (exact) mass is 351 g/mol. The van der Waals surface area contributed by atoms with E-state index in [1.807, 2.05) is 0 Å². The lowest BCUT2D eigenvalue weighted by atomic mass is 9.81. The molecule has 4 rings (SSSR count). The molecule has 25 heavy (non-hydrogen) atoms. The normalized spacial score (nSPS) is 26.3. The molecule has 2 aromatic carbocycles. The van der Waals surface area contributed by atoms with Crippen LogP contribution in [0.25, 0.3) is 0 Å². The molecule has 3 heteroatoms. The molecular weight excluding hydrogens is 326 g/mol. The van der Waals surface area contributed by atoms with Crippen LogP contribution in [0.2, 0.25) is 0 Å². The maximum absolute atomic E-state index is 6.46. The van der Waals surface area contributed by atoms with Crippen molar-refractivity contribution in [2.45, 2.75) is 49.3 Å². The van der Waals surface area contributed by atoms with Crippen LogP contribution < -0.4 is 0 Å². The predicted octanol–water partition coefficient (Wildman–Crippen LogP) is 5.67. The Morgan fingerprint density at radius 3 is 2.44 bits per heavy atom. The van der Waals surface area contributed by atoms with E-state index in [1.165, 1.54) is 36.1 Å². The van der Waals surface area contributed by atoms with Gasteiger partial charge in [0.15, 0.2) is 0 Å². The van der Waals surface area contributed by atoms with Gasteiger partial charge in [-0.15, -0.1) is 0 Å². The minimum atomic E-state index is 0.124. The molecule has 2 aromatic rings. The Hall–Kier alpha value is -1.55. The molecule has 2 nitrogen and oxygen atoms in total. The number of benzene rings is 2. The molecule has 2 aliphatic rings. The van der Waals surface area contributed by atoms with E-state index in [4.69, 9.17) is 4.84 Å². The van der Waals surface area contributed by atoms with E-state index in [0.717, 1.165) is 11.4 Å².